The quantitative estimate of drug-likeness (QED) is 0.750. The number of rotatable bonds is 4. The van der Waals surface area contributed by atoms with Crippen molar-refractivity contribution in [2.75, 3.05) is 18.0 Å². The number of nitrogens with one attached hydrogen (secondary N) is 1. The molecule has 0 aromatic heterocycles. The number of hydrogen-bond donors (Lipinski definition) is 2. The number of benzene rings is 1. The molecule has 5 nitrogen and oxygen atoms in total. The minimum absolute atomic E-state index is 0.0188. The van der Waals surface area contributed by atoms with Crippen LogP contribution in [0.2, 0.25) is 0 Å². The van der Waals surface area contributed by atoms with Crippen LogP contribution in [0.25, 0.3) is 0 Å². The van der Waals surface area contributed by atoms with Gasteiger partial charge in [-0.25, -0.2) is 0 Å². The number of ether oxygens (including phenoxy) is 1. The Kier molecular flexibility index (Phi) is 5.11. The molecule has 0 spiro atoms. The van der Waals surface area contributed by atoms with E-state index >= 15 is 0 Å². The summed E-state index contributed by atoms with van der Waals surface area (Å²) in [6, 6.07) is 5.93. The van der Waals surface area contributed by atoms with Crippen molar-refractivity contribution in [2.24, 2.45) is 23.2 Å². The van der Waals surface area contributed by atoms with Crippen molar-refractivity contribution in [1.29, 1.82) is 0 Å². The summed E-state index contributed by atoms with van der Waals surface area (Å²) in [5.41, 5.74) is 0.501. The van der Waals surface area contributed by atoms with Crippen LogP contribution in [0.3, 0.4) is 0 Å². The van der Waals surface area contributed by atoms with Crippen LogP contribution in [0.1, 0.15) is 44.9 Å². The van der Waals surface area contributed by atoms with Gasteiger partial charge in [-0.1, -0.05) is 0 Å². The average molecular weight is 438 g/mol. The number of carbonyl (C=O) groups excluding carboxylic acids is 1. The molecule has 4 bridgehead atoms. The smallest absolute Gasteiger partial charge is 0.406 e. The highest BCUT2D eigenvalue weighted by Crippen LogP contribution is 2.60. The maximum Gasteiger partial charge on any atom is 0.573 e. The highest BCUT2D eigenvalue weighted by Gasteiger charge is 2.58. The van der Waals surface area contributed by atoms with Crippen LogP contribution in [0.5, 0.6) is 5.75 Å². The molecule has 5 aliphatic rings. The van der Waals surface area contributed by atoms with Gasteiger partial charge in [-0.2, -0.15) is 0 Å². The van der Waals surface area contributed by atoms with E-state index in [0.717, 1.165) is 57.2 Å². The van der Waals surface area contributed by atoms with E-state index in [9.17, 15) is 23.1 Å². The summed E-state index contributed by atoms with van der Waals surface area (Å²) >= 11 is 0. The molecule has 3 atom stereocenters. The Morgan fingerprint density at radius 1 is 1.13 bits per heavy atom. The molecule has 1 heterocycles. The molecule has 1 saturated heterocycles. The lowest BCUT2D eigenvalue weighted by atomic mass is 9.48. The van der Waals surface area contributed by atoms with Crippen LogP contribution in [-0.2, 0) is 4.79 Å². The lowest BCUT2D eigenvalue weighted by Crippen LogP contribution is -2.60. The van der Waals surface area contributed by atoms with Crippen LogP contribution in [0.15, 0.2) is 24.3 Å². The Morgan fingerprint density at radius 2 is 1.81 bits per heavy atom. The van der Waals surface area contributed by atoms with E-state index in [-0.39, 0.29) is 41.1 Å². The number of halogens is 3. The van der Waals surface area contributed by atoms with E-state index in [2.05, 4.69) is 15.0 Å². The van der Waals surface area contributed by atoms with Gasteiger partial charge in [-0.05, 0) is 87.0 Å². The number of alkyl halides is 3. The van der Waals surface area contributed by atoms with Crippen LogP contribution < -0.4 is 15.0 Å². The molecule has 5 fully saturated rings. The fourth-order valence-corrected chi connectivity index (χ4v) is 6.80. The van der Waals surface area contributed by atoms with Crippen LogP contribution in [0, 0.1) is 23.2 Å². The summed E-state index contributed by atoms with van der Waals surface area (Å²) < 4.78 is 41.1. The largest absolute Gasteiger partial charge is 0.573 e. The fraction of sp³-hybridized carbons (Fsp3) is 0.696. The van der Waals surface area contributed by atoms with Gasteiger partial charge in [0.2, 0.25) is 5.91 Å². The maximum absolute atomic E-state index is 13.4. The second kappa shape index (κ2) is 7.57. The maximum atomic E-state index is 13.4. The molecule has 2 N–H and O–H groups in total. The highest BCUT2D eigenvalue weighted by molar-refractivity contribution is 5.83. The van der Waals surface area contributed by atoms with Crippen molar-refractivity contribution in [3.05, 3.63) is 24.3 Å². The normalized spacial score (nSPS) is 37.0. The van der Waals surface area contributed by atoms with E-state index in [4.69, 9.17) is 0 Å². The van der Waals surface area contributed by atoms with Gasteiger partial charge in [0.15, 0.2) is 0 Å². The molecule has 0 radical (unpaired) electrons. The Balaban J connectivity index is 1.22. The Hall–Kier alpha value is -1.96. The summed E-state index contributed by atoms with van der Waals surface area (Å²) in [5.74, 6) is 0.989. The van der Waals surface area contributed by atoms with Gasteiger partial charge in [0.1, 0.15) is 5.75 Å². The molecule has 1 aliphatic heterocycles. The number of aliphatic hydroxyl groups excluding tert-OH is 1. The van der Waals surface area contributed by atoms with Crippen LogP contribution in [-0.4, -0.2) is 42.6 Å². The minimum Gasteiger partial charge on any atom is -0.406 e. The molecule has 6 rings (SSSR count). The van der Waals surface area contributed by atoms with Crippen molar-refractivity contribution < 1.29 is 27.8 Å². The van der Waals surface area contributed by atoms with Gasteiger partial charge in [0.25, 0.3) is 0 Å². The Morgan fingerprint density at radius 3 is 2.45 bits per heavy atom. The summed E-state index contributed by atoms with van der Waals surface area (Å²) in [7, 11) is 0. The van der Waals surface area contributed by atoms with Gasteiger partial charge in [0.05, 0.1) is 11.5 Å². The Labute approximate surface area is 179 Å². The second-order valence-electron chi connectivity index (χ2n) is 10.0. The lowest BCUT2D eigenvalue weighted by Gasteiger charge is -2.58. The predicted molar refractivity (Wildman–Crippen MR) is 108 cm³/mol. The molecule has 4 saturated carbocycles. The molecule has 1 aromatic rings. The second-order valence-corrected chi connectivity index (χ2v) is 10.0. The molecule has 170 valence electrons. The number of anilines is 1. The third-order valence-electron chi connectivity index (χ3n) is 7.90. The molecule has 1 amide bonds. The fourth-order valence-electron chi connectivity index (χ4n) is 6.80. The summed E-state index contributed by atoms with van der Waals surface area (Å²) in [5, 5.41) is 13.8. The molecular weight excluding hydrogens is 409 g/mol. The molecular formula is C23H29F3N2O3. The monoisotopic (exact) mass is 438 g/mol. The zero-order valence-electron chi connectivity index (χ0n) is 17.4. The minimum atomic E-state index is -4.70. The first kappa shape index (κ1) is 20.9. The zero-order valence-corrected chi connectivity index (χ0v) is 17.4. The molecule has 4 aliphatic carbocycles. The molecule has 8 heteroatoms. The van der Waals surface area contributed by atoms with E-state index < -0.39 is 6.36 Å². The van der Waals surface area contributed by atoms with Gasteiger partial charge < -0.3 is 20.1 Å². The summed E-state index contributed by atoms with van der Waals surface area (Å²) in [6.45, 7) is 1.44. The van der Waals surface area contributed by atoms with Crippen molar-refractivity contribution in [3.63, 3.8) is 0 Å². The Bertz CT molecular complexity index is 812. The third kappa shape index (κ3) is 4.11. The van der Waals surface area contributed by atoms with Crippen molar-refractivity contribution in [1.82, 2.24) is 5.32 Å². The van der Waals surface area contributed by atoms with Gasteiger partial charge in [-0.15, -0.1) is 13.2 Å². The standard InChI is InChI=1S/C23H29F3N2O3/c24-23(25,26)31-19-5-3-18(4-6-19)28-7-1-2-17(13-28)27-21(30)22-10-14-8-15(11-22)20(29)16(9-14)12-22/h3-6,14-17,20,29H,1-2,7-13H2,(H,27,30). The summed E-state index contributed by atoms with van der Waals surface area (Å²) in [6.07, 6.45) is 1.50. The number of carbonyl (C=O) groups is 1. The first-order valence-corrected chi connectivity index (χ1v) is 11.3. The first-order chi connectivity index (χ1) is 14.7. The molecule has 1 aromatic carbocycles. The van der Waals surface area contributed by atoms with E-state index in [0.29, 0.717) is 12.5 Å². The number of amides is 1. The topological polar surface area (TPSA) is 61.8 Å². The van der Waals surface area contributed by atoms with Crippen molar-refractivity contribution in [2.45, 2.75) is 63.5 Å². The molecule has 31 heavy (non-hydrogen) atoms. The lowest BCUT2D eigenvalue weighted by molar-refractivity contribution is -0.274. The average Bonchev–Trinajstić information content (AvgIpc) is 2.71. The van der Waals surface area contributed by atoms with Crippen molar-refractivity contribution in [3.8, 4) is 5.75 Å². The number of aliphatic hydroxyl groups is 1. The van der Waals surface area contributed by atoms with Crippen LogP contribution >= 0.6 is 0 Å². The highest BCUT2D eigenvalue weighted by atomic mass is 19.4. The SMILES string of the molecule is O=C(NC1CCCN(c2ccc(OC(F)(F)F)cc2)C1)C12CC3CC(C1)C(O)C(C3)C2. The third-order valence-corrected chi connectivity index (χ3v) is 7.90. The van der Waals surface area contributed by atoms with E-state index in [1.54, 1.807) is 12.1 Å². The van der Waals surface area contributed by atoms with Gasteiger partial charge in [-0.3, -0.25) is 4.79 Å². The number of piperidine rings is 1. The van der Waals surface area contributed by atoms with Crippen molar-refractivity contribution >= 4 is 11.6 Å². The predicted octanol–water partition coefficient (Wildman–Crippen LogP) is 3.86. The number of nitrogens with zero attached hydrogens (tertiary/aromatic N) is 1. The number of hydrogen-bond acceptors (Lipinski definition) is 4. The van der Waals surface area contributed by atoms with Gasteiger partial charge >= 0.3 is 6.36 Å². The van der Waals surface area contributed by atoms with Crippen LogP contribution in [0.4, 0.5) is 18.9 Å². The van der Waals surface area contributed by atoms with E-state index in [1.165, 1.54) is 12.1 Å². The molecule has 3 unspecified atom stereocenters. The first-order valence-electron chi connectivity index (χ1n) is 11.3. The van der Waals surface area contributed by atoms with Gasteiger partial charge in [0, 0.05) is 24.8 Å². The van der Waals surface area contributed by atoms with E-state index in [1.807, 2.05) is 0 Å². The summed E-state index contributed by atoms with van der Waals surface area (Å²) in [4.78, 5) is 15.5. The zero-order chi connectivity index (χ0) is 21.8.